The molecule has 0 heterocycles. The number of carbonyl (C=O) groups excluding carboxylic acids is 1. The van der Waals surface area contributed by atoms with Gasteiger partial charge in [0.05, 0.1) is 24.3 Å². The molecule has 0 atom stereocenters. The highest BCUT2D eigenvalue weighted by Gasteiger charge is 2.18. The van der Waals surface area contributed by atoms with E-state index in [9.17, 15) is 9.18 Å². The van der Waals surface area contributed by atoms with Crippen LogP contribution in [0.5, 0.6) is 11.5 Å². The third kappa shape index (κ3) is 2.82. The first-order chi connectivity index (χ1) is 9.56. The number of ketones is 1. The molecule has 0 saturated carbocycles. The van der Waals surface area contributed by atoms with Gasteiger partial charge in [0.25, 0.3) is 0 Å². The summed E-state index contributed by atoms with van der Waals surface area (Å²) >= 11 is 3.32. The van der Waals surface area contributed by atoms with Gasteiger partial charge in [-0.15, -0.1) is 0 Å². The standard InChI is InChI=1S/C15H12BrFO3/c1-19-13-8-12(16)14(20-2)7-11(13)15(18)9-4-3-5-10(17)6-9/h3-8H,1-2H3. The highest BCUT2D eigenvalue weighted by Crippen LogP contribution is 2.33. The average Bonchev–Trinajstić information content (AvgIpc) is 2.46. The van der Waals surface area contributed by atoms with E-state index in [0.717, 1.165) is 0 Å². The quantitative estimate of drug-likeness (QED) is 0.794. The van der Waals surface area contributed by atoms with Gasteiger partial charge in [-0.25, -0.2) is 4.39 Å². The Morgan fingerprint density at radius 3 is 2.40 bits per heavy atom. The van der Waals surface area contributed by atoms with Crippen LogP contribution in [0.3, 0.4) is 0 Å². The van der Waals surface area contributed by atoms with Gasteiger partial charge in [-0.1, -0.05) is 12.1 Å². The van der Waals surface area contributed by atoms with E-state index in [1.807, 2.05) is 0 Å². The summed E-state index contributed by atoms with van der Waals surface area (Å²) in [5.74, 6) is 0.114. The van der Waals surface area contributed by atoms with Crippen LogP contribution >= 0.6 is 15.9 Å². The van der Waals surface area contributed by atoms with Crippen LogP contribution < -0.4 is 9.47 Å². The fraction of sp³-hybridized carbons (Fsp3) is 0.133. The average molecular weight is 339 g/mol. The summed E-state index contributed by atoms with van der Waals surface area (Å²) < 4.78 is 24.3. The molecule has 0 bridgehead atoms. The molecule has 0 amide bonds. The van der Waals surface area contributed by atoms with E-state index < -0.39 is 5.82 Å². The van der Waals surface area contributed by atoms with Crippen molar-refractivity contribution in [2.75, 3.05) is 14.2 Å². The summed E-state index contributed by atoms with van der Waals surface area (Å²) in [6.07, 6.45) is 0. The predicted molar refractivity (Wildman–Crippen MR) is 77.1 cm³/mol. The Labute approximate surface area is 124 Å². The smallest absolute Gasteiger partial charge is 0.196 e. The maximum atomic E-state index is 13.2. The number of ether oxygens (including phenoxy) is 2. The number of halogens is 2. The Kier molecular flexibility index (Phi) is 4.39. The van der Waals surface area contributed by atoms with E-state index in [1.165, 1.54) is 32.4 Å². The van der Waals surface area contributed by atoms with Crippen LogP contribution in [0.4, 0.5) is 4.39 Å². The Morgan fingerprint density at radius 1 is 1.10 bits per heavy atom. The molecule has 0 fully saturated rings. The second kappa shape index (κ2) is 6.05. The van der Waals surface area contributed by atoms with Crippen molar-refractivity contribution in [1.82, 2.24) is 0 Å². The van der Waals surface area contributed by atoms with Crippen molar-refractivity contribution in [2.24, 2.45) is 0 Å². The van der Waals surface area contributed by atoms with Gasteiger partial charge in [0.2, 0.25) is 0 Å². The molecule has 2 aromatic carbocycles. The third-order valence-electron chi connectivity index (χ3n) is 2.81. The lowest BCUT2D eigenvalue weighted by atomic mass is 10.0. The molecule has 0 aliphatic heterocycles. The molecule has 20 heavy (non-hydrogen) atoms. The van der Waals surface area contributed by atoms with Gasteiger partial charge in [0.15, 0.2) is 5.78 Å². The second-order valence-corrected chi connectivity index (χ2v) is 4.88. The summed E-state index contributed by atoms with van der Waals surface area (Å²) in [6.45, 7) is 0. The molecule has 0 saturated heterocycles. The van der Waals surface area contributed by atoms with Crippen molar-refractivity contribution >= 4 is 21.7 Å². The van der Waals surface area contributed by atoms with Crippen LogP contribution in [0.1, 0.15) is 15.9 Å². The molecule has 0 aliphatic carbocycles. The lowest BCUT2D eigenvalue weighted by Gasteiger charge is -2.11. The monoisotopic (exact) mass is 338 g/mol. The summed E-state index contributed by atoms with van der Waals surface area (Å²) in [5, 5.41) is 0. The minimum Gasteiger partial charge on any atom is -0.496 e. The molecule has 0 aliphatic rings. The SMILES string of the molecule is COc1cc(C(=O)c2cccc(F)c2)c(OC)cc1Br. The topological polar surface area (TPSA) is 35.5 Å². The normalized spacial score (nSPS) is 10.2. The zero-order valence-electron chi connectivity index (χ0n) is 10.9. The summed E-state index contributed by atoms with van der Waals surface area (Å²) in [5.41, 5.74) is 0.575. The van der Waals surface area contributed by atoms with Crippen molar-refractivity contribution in [3.05, 3.63) is 57.8 Å². The van der Waals surface area contributed by atoms with E-state index in [2.05, 4.69) is 15.9 Å². The molecular weight excluding hydrogens is 327 g/mol. The zero-order chi connectivity index (χ0) is 14.7. The number of rotatable bonds is 4. The van der Waals surface area contributed by atoms with Gasteiger partial charge in [0, 0.05) is 5.56 Å². The molecule has 0 aromatic heterocycles. The van der Waals surface area contributed by atoms with E-state index in [4.69, 9.17) is 9.47 Å². The molecule has 0 radical (unpaired) electrons. The summed E-state index contributed by atoms with van der Waals surface area (Å²) in [4.78, 5) is 12.4. The Morgan fingerprint density at radius 2 is 1.80 bits per heavy atom. The summed E-state index contributed by atoms with van der Waals surface area (Å²) in [7, 11) is 2.97. The van der Waals surface area contributed by atoms with Crippen molar-refractivity contribution in [3.63, 3.8) is 0 Å². The largest absolute Gasteiger partial charge is 0.496 e. The minimum atomic E-state index is -0.459. The van der Waals surface area contributed by atoms with Gasteiger partial charge in [-0.2, -0.15) is 0 Å². The van der Waals surface area contributed by atoms with Gasteiger partial charge < -0.3 is 9.47 Å². The fourth-order valence-electron chi connectivity index (χ4n) is 1.82. The maximum absolute atomic E-state index is 13.2. The van der Waals surface area contributed by atoms with E-state index in [-0.39, 0.29) is 11.3 Å². The number of hydrogen-bond acceptors (Lipinski definition) is 3. The lowest BCUT2D eigenvalue weighted by Crippen LogP contribution is -2.05. The lowest BCUT2D eigenvalue weighted by molar-refractivity contribution is 0.103. The van der Waals surface area contributed by atoms with Crippen LogP contribution in [0.15, 0.2) is 40.9 Å². The fourth-order valence-corrected chi connectivity index (χ4v) is 2.31. The van der Waals surface area contributed by atoms with Gasteiger partial charge in [-0.05, 0) is 40.2 Å². The Balaban J connectivity index is 2.53. The number of benzene rings is 2. The zero-order valence-corrected chi connectivity index (χ0v) is 12.5. The molecule has 0 N–H and O–H groups in total. The van der Waals surface area contributed by atoms with Crippen molar-refractivity contribution in [1.29, 1.82) is 0 Å². The summed E-state index contributed by atoms with van der Waals surface area (Å²) in [6, 6.07) is 8.73. The molecule has 2 rings (SSSR count). The molecule has 3 nitrogen and oxygen atoms in total. The van der Waals surface area contributed by atoms with Crippen molar-refractivity contribution in [3.8, 4) is 11.5 Å². The van der Waals surface area contributed by atoms with Gasteiger partial charge in [0.1, 0.15) is 17.3 Å². The Hall–Kier alpha value is -1.88. The Bertz CT molecular complexity index is 656. The predicted octanol–water partition coefficient (Wildman–Crippen LogP) is 3.84. The molecular formula is C15H12BrFO3. The highest BCUT2D eigenvalue weighted by molar-refractivity contribution is 9.10. The van der Waals surface area contributed by atoms with Crippen molar-refractivity contribution < 1.29 is 18.7 Å². The number of hydrogen-bond donors (Lipinski definition) is 0. The van der Waals surface area contributed by atoms with Crippen LogP contribution in [-0.2, 0) is 0 Å². The maximum Gasteiger partial charge on any atom is 0.196 e. The van der Waals surface area contributed by atoms with Crippen molar-refractivity contribution in [2.45, 2.75) is 0 Å². The van der Waals surface area contributed by atoms with Crippen LogP contribution in [0.2, 0.25) is 0 Å². The minimum absolute atomic E-state index is 0.257. The second-order valence-electron chi connectivity index (χ2n) is 4.03. The van der Waals surface area contributed by atoms with Crippen LogP contribution in [-0.4, -0.2) is 20.0 Å². The molecule has 0 spiro atoms. The van der Waals surface area contributed by atoms with E-state index >= 15 is 0 Å². The molecule has 5 heteroatoms. The first-order valence-electron chi connectivity index (χ1n) is 5.78. The van der Waals surface area contributed by atoms with Crippen LogP contribution in [0, 0.1) is 5.82 Å². The number of methoxy groups -OCH3 is 2. The van der Waals surface area contributed by atoms with E-state index in [1.54, 1.807) is 18.2 Å². The highest BCUT2D eigenvalue weighted by atomic mass is 79.9. The third-order valence-corrected chi connectivity index (χ3v) is 3.43. The molecule has 2 aromatic rings. The number of carbonyl (C=O) groups is 1. The molecule has 104 valence electrons. The van der Waals surface area contributed by atoms with Gasteiger partial charge in [-0.3, -0.25) is 4.79 Å². The molecule has 0 unspecified atom stereocenters. The van der Waals surface area contributed by atoms with E-state index in [0.29, 0.717) is 21.5 Å². The first kappa shape index (κ1) is 14.5. The first-order valence-corrected chi connectivity index (χ1v) is 6.58. The van der Waals surface area contributed by atoms with Gasteiger partial charge >= 0.3 is 0 Å². The van der Waals surface area contributed by atoms with Crippen LogP contribution in [0.25, 0.3) is 0 Å².